The number of carbonyl (C=O) groups excluding carboxylic acids is 2. The Morgan fingerprint density at radius 1 is 1.10 bits per heavy atom. The Labute approximate surface area is 194 Å². The Kier molecular flexibility index (Phi) is 8.79. The molecule has 6 heteroatoms. The standard InChI is InChI=1S/C25H30Cl2N2O2/c1-2-23(25(31)28-21-10-6-7-11-21)29(17-19-13-14-20(26)16-22(19)27)24(30)15-12-18-8-4-3-5-9-18/h3-5,8-9,13-14,16,21,23H,2,6-7,10-12,15,17H2,1H3,(H,28,31)/t23-/m1/s1. The highest BCUT2D eigenvalue weighted by atomic mass is 35.5. The van der Waals surface area contributed by atoms with E-state index in [0.717, 1.165) is 36.8 Å². The molecular weight excluding hydrogens is 431 g/mol. The SMILES string of the molecule is CC[C@H](C(=O)NC1CCCC1)N(Cc1ccc(Cl)cc1Cl)C(=O)CCc1ccccc1. The first-order valence-corrected chi connectivity index (χ1v) is 11.8. The first-order chi connectivity index (χ1) is 15.0. The number of rotatable bonds is 9. The van der Waals surface area contributed by atoms with Crippen LogP contribution in [0.15, 0.2) is 48.5 Å². The number of amides is 2. The fourth-order valence-corrected chi connectivity index (χ4v) is 4.63. The molecule has 1 aliphatic rings. The molecule has 0 radical (unpaired) electrons. The van der Waals surface area contributed by atoms with E-state index >= 15 is 0 Å². The van der Waals surface area contributed by atoms with Gasteiger partial charge in [0.25, 0.3) is 0 Å². The van der Waals surface area contributed by atoms with E-state index < -0.39 is 6.04 Å². The van der Waals surface area contributed by atoms with Gasteiger partial charge in [-0.15, -0.1) is 0 Å². The average Bonchev–Trinajstić information content (AvgIpc) is 3.27. The van der Waals surface area contributed by atoms with E-state index in [4.69, 9.17) is 23.2 Å². The van der Waals surface area contributed by atoms with Gasteiger partial charge in [-0.2, -0.15) is 0 Å². The summed E-state index contributed by atoms with van der Waals surface area (Å²) in [4.78, 5) is 28.1. The highest BCUT2D eigenvalue weighted by Gasteiger charge is 2.30. The molecule has 31 heavy (non-hydrogen) atoms. The van der Waals surface area contributed by atoms with Crippen LogP contribution in [-0.2, 0) is 22.6 Å². The van der Waals surface area contributed by atoms with Gasteiger partial charge in [0.1, 0.15) is 6.04 Å². The summed E-state index contributed by atoms with van der Waals surface area (Å²) in [5, 5.41) is 4.20. The van der Waals surface area contributed by atoms with Crippen molar-refractivity contribution in [1.29, 1.82) is 0 Å². The number of nitrogens with one attached hydrogen (secondary N) is 1. The van der Waals surface area contributed by atoms with E-state index in [1.165, 1.54) is 0 Å². The van der Waals surface area contributed by atoms with Gasteiger partial charge in [-0.25, -0.2) is 0 Å². The zero-order valence-corrected chi connectivity index (χ0v) is 19.5. The molecule has 2 aromatic rings. The number of benzene rings is 2. The van der Waals surface area contributed by atoms with Crippen LogP contribution in [0.4, 0.5) is 0 Å². The second-order valence-corrected chi connectivity index (χ2v) is 9.00. The van der Waals surface area contributed by atoms with Gasteiger partial charge in [0.2, 0.25) is 11.8 Å². The Balaban J connectivity index is 1.78. The molecule has 1 saturated carbocycles. The van der Waals surface area contributed by atoms with Gasteiger partial charge in [0, 0.05) is 29.1 Å². The van der Waals surface area contributed by atoms with Gasteiger partial charge in [0.05, 0.1) is 0 Å². The molecule has 0 heterocycles. The molecule has 0 spiro atoms. The van der Waals surface area contributed by atoms with Crippen LogP contribution in [0, 0.1) is 0 Å². The fraction of sp³-hybridized carbons (Fsp3) is 0.440. The summed E-state index contributed by atoms with van der Waals surface area (Å²) in [6, 6.07) is 14.8. The molecule has 0 aromatic heterocycles. The molecule has 2 amide bonds. The summed E-state index contributed by atoms with van der Waals surface area (Å²) in [6.45, 7) is 2.22. The number of aryl methyl sites for hydroxylation is 1. The van der Waals surface area contributed by atoms with Gasteiger partial charge >= 0.3 is 0 Å². The number of hydrogen-bond acceptors (Lipinski definition) is 2. The topological polar surface area (TPSA) is 49.4 Å². The van der Waals surface area contributed by atoms with E-state index in [1.54, 1.807) is 17.0 Å². The number of nitrogens with zero attached hydrogens (tertiary/aromatic N) is 1. The maximum atomic E-state index is 13.3. The van der Waals surface area contributed by atoms with Crippen LogP contribution >= 0.6 is 23.2 Å². The average molecular weight is 461 g/mol. The third-order valence-electron chi connectivity index (χ3n) is 5.91. The van der Waals surface area contributed by atoms with Crippen LogP contribution < -0.4 is 5.32 Å². The van der Waals surface area contributed by atoms with Crippen molar-refractivity contribution in [2.24, 2.45) is 0 Å². The van der Waals surface area contributed by atoms with Crippen molar-refractivity contribution in [2.75, 3.05) is 0 Å². The molecule has 2 aromatic carbocycles. The van der Waals surface area contributed by atoms with Crippen molar-refractivity contribution < 1.29 is 9.59 Å². The van der Waals surface area contributed by atoms with Gasteiger partial charge in [-0.3, -0.25) is 9.59 Å². The van der Waals surface area contributed by atoms with Crippen LogP contribution in [-0.4, -0.2) is 28.8 Å². The minimum atomic E-state index is -0.532. The molecule has 1 atom stereocenters. The maximum absolute atomic E-state index is 13.3. The number of hydrogen-bond donors (Lipinski definition) is 1. The predicted molar refractivity (Wildman–Crippen MR) is 126 cm³/mol. The first kappa shape index (κ1) is 23.6. The monoisotopic (exact) mass is 460 g/mol. The minimum Gasteiger partial charge on any atom is -0.352 e. The molecule has 4 nitrogen and oxygen atoms in total. The second kappa shape index (κ2) is 11.5. The first-order valence-electron chi connectivity index (χ1n) is 11.1. The van der Waals surface area contributed by atoms with E-state index in [2.05, 4.69) is 5.32 Å². The summed E-state index contributed by atoms with van der Waals surface area (Å²) >= 11 is 12.4. The zero-order valence-electron chi connectivity index (χ0n) is 17.9. The van der Waals surface area contributed by atoms with Gasteiger partial charge in [-0.1, -0.05) is 79.4 Å². The Morgan fingerprint density at radius 2 is 1.81 bits per heavy atom. The zero-order chi connectivity index (χ0) is 22.2. The van der Waals surface area contributed by atoms with Crippen LogP contribution in [0.5, 0.6) is 0 Å². The van der Waals surface area contributed by atoms with E-state index in [0.29, 0.717) is 29.3 Å². The van der Waals surface area contributed by atoms with E-state index in [1.807, 2.05) is 43.3 Å². The number of halogens is 2. The molecule has 0 unspecified atom stereocenters. The van der Waals surface area contributed by atoms with Crippen molar-refractivity contribution >= 4 is 35.0 Å². The lowest BCUT2D eigenvalue weighted by molar-refractivity contribution is -0.141. The summed E-state index contributed by atoms with van der Waals surface area (Å²) in [5.74, 6) is -0.129. The Bertz CT molecular complexity index is 882. The lowest BCUT2D eigenvalue weighted by Gasteiger charge is -2.32. The molecule has 1 N–H and O–H groups in total. The van der Waals surface area contributed by atoms with Crippen LogP contribution in [0.25, 0.3) is 0 Å². The molecule has 0 aliphatic heterocycles. The van der Waals surface area contributed by atoms with E-state index in [9.17, 15) is 9.59 Å². The number of carbonyl (C=O) groups is 2. The predicted octanol–water partition coefficient (Wildman–Crippen LogP) is 5.79. The van der Waals surface area contributed by atoms with Gasteiger partial charge < -0.3 is 10.2 Å². The third kappa shape index (κ3) is 6.72. The van der Waals surface area contributed by atoms with Crippen molar-refractivity contribution in [3.05, 3.63) is 69.7 Å². The van der Waals surface area contributed by atoms with Gasteiger partial charge in [0.15, 0.2) is 0 Å². The van der Waals surface area contributed by atoms with Crippen molar-refractivity contribution in [1.82, 2.24) is 10.2 Å². The lowest BCUT2D eigenvalue weighted by Crippen LogP contribution is -2.51. The molecule has 166 valence electrons. The molecule has 0 bridgehead atoms. The smallest absolute Gasteiger partial charge is 0.243 e. The van der Waals surface area contributed by atoms with Crippen LogP contribution in [0.2, 0.25) is 10.0 Å². The summed E-state index contributed by atoms with van der Waals surface area (Å²) in [5.41, 5.74) is 1.88. The molecule has 3 rings (SSSR count). The second-order valence-electron chi connectivity index (χ2n) is 8.16. The van der Waals surface area contributed by atoms with Crippen molar-refractivity contribution in [3.8, 4) is 0 Å². The van der Waals surface area contributed by atoms with Crippen LogP contribution in [0.1, 0.15) is 56.6 Å². The highest BCUT2D eigenvalue weighted by molar-refractivity contribution is 6.35. The quantitative estimate of drug-likeness (QED) is 0.514. The molecular formula is C25H30Cl2N2O2. The summed E-state index contributed by atoms with van der Waals surface area (Å²) in [7, 11) is 0. The Hall–Kier alpha value is -2.04. The molecule has 1 aliphatic carbocycles. The molecule has 1 fully saturated rings. The summed E-state index contributed by atoms with van der Waals surface area (Å²) < 4.78 is 0. The highest BCUT2D eigenvalue weighted by Crippen LogP contribution is 2.25. The van der Waals surface area contributed by atoms with Crippen LogP contribution in [0.3, 0.4) is 0 Å². The third-order valence-corrected chi connectivity index (χ3v) is 6.50. The van der Waals surface area contributed by atoms with Crippen molar-refractivity contribution in [2.45, 2.75) is 70.5 Å². The summed E-state index contributed by atoms with van der Waals surface area (Å²) in [6.07, 6.45) is 5.80. The molecule has 0 saturated heterocycles. The van der Waals surface area contributed by atoms with E-state index in [-0.39, 0.29) is 24.4 Å². The van der Waals surface area contributed by atoms with Gasteiger partial charge in [-0.05, 0) is 48.9 Å². The Morgan fingerprint density at radius 3 is 2.45 bits per heavy atom. The maximum Gasteiger partial charge on any atom is 0.243 e. The van der Waals surface area contributed by atoms with Crippen molar-refractivity contribution in [3.63, 3.8) is 0 Å². The normalized spacial score (nSPS) is 14.9. The minimum absolute atomic E-state index is 0.0525. The lowest BCUT2D eigenvalue weighted by atomic mass is 10.1. The largest absolute Gasteiger partial charge is 0.352 e. The fourth-order valence-electron chi connectivity index (χ4n) is 4.16.